The monoisotopic (exact) mass is 356 g/mol. The van der Waals surface area contributed by atoms with E-state index in [1.54, 1.807) is 24.3 Å². The Morgan fingerprint density at radius 2 is 1.88 bits per heavy atom. The van der Waals surface area contributed by atoms with Gasteiger partial charge in [0.15, 0.2) is 0 Å². The van der Waals surface area contributed by atoms with Gasteiger partial charge in [0.2, 0.25) is 11.8 Å². The number of nitrogens with one attached hydrogen (secondary N) is 2. The summed E-state index contributed by atoms with van der Waals surface area (Å²) >= 11 is 1.32. The number of fused-ring (bicyclic) bond motifs is 1. The van der Waals surface area contributed by atoms with Crippen LogP contribution in [-0.2, 0) is 9.59 Å². The number of benzene rings is 2. The Morgan fingerprint density at radius 3 is 2.60 bits per heavy atom. The molecule has 0 saturated carbocycles. The van der Waals surface area contributed by atoms with Crippen LogP contribution in [-0.4, -0.2) is 30.1 Å². The van der Waals surface area contributed by atoms with Crippen molar-refractivity contribution in [3.8, 4) is 5.75 Å². The van der Waals surface area contributed by atoms with Gasteiger partial charge in [-0.15, -0.1) is 11.8 Å². The van der Waals surface area contributed by atoms with Crippen LogP contribution in [0.5, 0.6) is 5.75 Å². The summed E-state index contributed by atoms with van der Waals surface area (Å²) in [6, 6.07) is 13.8. The first kappa shape index (κ1) is 17.0. The minimum Gasteiger partial charge on any atom is -0.497 e. The van der Waals surface area contributed by atoms with E-state index in [4.69, 9.17) is 4.74 Å². The lowest BCUT2D eigenvalue weighted by molar-refractivity contribution is -0.123. The average Bonchev–Trinajstić information content (AvgIpc) is 2.62. The van der Waals surface area contributed by atoms with E-state index in [1.807, 2.05) is 24.3 Å². The fourth-order valence-electron chi connectivity index (χ4n) is 2.39. The second kappa shape index (κ2) is 7.40. The van der Waals surface area contributed by atoms with Gasteiger partial charge in [-0.05, 0) is 36.4 Å². The van der Waals surface area contributed by atoms with Gasteiger partial charge in [-0.2, -0.15) is 0 Å². The van der Waals surface area contributed by atoms with Crippen molar-refractivity contribution in [3.63, 3.8) is 0 Å². The normalized spacial score (nSPS) is 15.7. The fraction of sp³-hybridized carbons (Fsp3) is 0.167. The van der Waals surface area contributed by atoms with E-state index in [0.717, 1.165) is 10.6 Å². The van der Waals surface area contributed by atoms with Crippen molar-refractivity contribution in [2.24, 2.45) is 0 Å². The first-order chi connectivity index (χ1) is 12.1. The minimum absolute atomic E-state index is 0.0767. The van der Waals surface area contributed by atoms with Gasteiger partial charge in [0, 0.05) is 16.9 Å². The Bertz CT molecular complexity index is 820. The number of methoxy groups -OCH3 is 1. The van der Waals surface area contributed by atoms with E-state index >= 15 is 0 Å². The van der Waals surface area contributed by atoms with E-state index in [1.165, 1.54) is 18.9 Å². The molecule has 1 heterocycles. The Hall–Kier alpha value is -2.80. The summed E-state index contributed by atoms with van der Waals surface area (Å²) in [5.41, 5.74) is 1.09. The second-order valence-electron chi connectivity index (χ2n) is 5.40. The van der Waals surface area contributed by atoms with E-state index < -0.39 is 17.1 Å². The number of hydrogen-bond donors (Lipinski definition) is 2. The molecule has 0 fully saturated rings. The van der Waals surface area contributed by atoms with Crippen molar-refractivity contribution >= 4 is 35.2 Å². The van der Waals surface area contributed by atoms with Crippen molar-refractivity contribution in [3.05, 3.63) is 54.1 Å². The number of imide groups is 1. The van der Waals surface area contributed by atoms with Crippen LogP contribution in [0.25, 0.3) is 0 Å². The van der Waals surface area contributed by atoms with Gasteiger partial charge in [-0.3, -0.25) is 19.7 Å². The molecular weight excluding hydrogens is 340 g/mol. The van der Waals surface area contributed by atoms with Gasteiger partial charge >= 0.3 is 0 Å². The predicted molar refractivity (Wildman–Crippen MR) is 94.8 cm³/mol. The molecule has 2 aromatic rings. The maximum atomic E-state index is 12.1. The first-order valence-corrected chi connectivity index (χ1v) is 8.49. The van der Waals surface area contributed by atoms with Crippen molar-refractivity contribution in [1.29, 1.82) is 0 Å². The molecule has 25 heavy (non-hydrogen) atoms. The van der Waals surface area contributed by atoms with Gasteiger partial charge in [-0.1, -0.05) is 12.1 Å². The predicted octanol–water partition coefficient (Wildman–Crippen LogP) is 2.45. The van der Waals surface area contributed by atoms with Crippen LogP contribution in [0.4, 0.5) is 5.69 Å². The lowest BCUT2D eigenvalue weighted by atomic mass is 10.2. The zero-order valence-electron chi connectivity index (χ0n) is 13.4. The zero-order valence-corrected chi connectivity index (χ0v) is 14.3. The number of para-hydroxylation sites is 1. The summed E-state index contributed by atoms with van der Waals surface area (Å²) in [4.78, 5) is 37.2. The highest BCUT2D eigenvalue weighted by atomic mass is 32.2. The maximum Gasteiger partial charge on any atom is 0.257 e. The Morgan fingerprint density at radius 1 is 1.16 bits per heavy atom. The van der Waals surface area contributed by atoms with Crippen molar-refractivity contribution < 1.29 is 19.1 Å². The summed E-state index contributed by atoms with van der Waals surface area (Å²) in [6.45, 7) is 0. The third-order valence-electron chi connectivity index (χ3n) is 3.68. The molecule has 128 valence electrons. The van der Waals surface area contributed by atoms with Crippen LogP contribution in [0.3, 0.4) is 0 Å². The highest BCUT2D eigenvalue weighted by molar-refractivity contribution is 8.01. The Kier molecular flexibility index (Phi) is 5.04. The molecule has 3 amide bonds. The quantitative estimate of drug-likeness (QED) is 0.879. The summed E-state index contributed by atoms with van der Waals surface area (Å²) < 4.78 is 5.03. The molecule has 0 bridgehead atoms. The lowest BCUT2D eigenvalue weighted by Crippen LogP contribution is -2.37. The number of anilines is 1. The SMILES string of the molecule is COc1ccc(C(=O)NC(=O)C[C@@H]2Sc3ccccc3NC2=O)cc1. The largest absolute Gasteiger partial charge is 0.497 e. The molecule has 1 atom stereocenters. The fourth-order valence-corrected chi connectivity index (χ4v) is 3.50. The van der Waals surface area contributed by atoms with Crippen LogP contribution in [0.1, 0.15) is 16.8 Å². The van der Waals surface area contributed by atoms with E-state index in [9.17, 15) is 14.4 Å². The summed E-state index contributed by atoms with van der Waals surface area (Å²) in [7, 11) is 1.53. The van der Waals surface area contributed by atoms with Crippen molar-refractivity contribution in [2.75, 3.05) is 12.4 Å². The molecule has 0 aliphatic carbocycles. The molecule has 0 aromatic heterocycles. The molecule has 0 saturated heterocycles. The van der Waals surface area contributed by atoms with Crippen LogP contribution in [0.2, 0.25) is 0 Å². The maximum absolute atomic E-state index is 12.1. The number of amides is 3. The highest BCUT2D eigenvalue weighted by Gasteiger charge is 2.29. The van der Waals surface area contributed by atoms with Crippen molar-refractivity contribution in [2.45, 2.75) is 16.6 Å². The summed E-state index contributed by atoms with van der Waals surface area (Å²) in [5.74, 6) is -0.616. The highest BCUT2D eigenvalue weighted by Crippen LogP contribution is 2.36. The van der Waals surface area contributed by atoms with Gasteiger partial charge in [0.1, 0.15) is 5.75 Å². The molecule has 3 rings (SSSR count). The van der Waals surface area contributed by atoms with Gasteiger partial charge < -0.3 is 10.1 Å². The second-order valence-corrected chi connectivity index (χ2v) is 6.65. The smallest absolute Gasteiger partial charge is 0.257 e. The molecule has 7 heteroatoms. The van der Waals surface area contributed by atoms with Gasteiger partial charge in [0.25, 0.3) is 5.91 Å². The molecule has 0 spiro atoms. The molecule has 6 nitrogen and oxygen atoms in total. The molecular formula is C18H16N2O4S. The standard InChI is InChI=1S/C18H16N2O4S/c1-24-12-8-6-11(7-9-12)17(22)20-16(21)10-15-18(23)19-13-4-2-3-5-14(13)25-15/h2-9,15H,10H2,1H3,(H,19,23)(H,20,21,22)/t15-/m0/s1. The third-order valence-corrected chi connectivity index (χ3v) is 4.96. The Balaban J connectivity index is 1.60. The zero-order chi connectivity index (χ0) is 17.8. The Labute approximate surface area is 148 Å². The number of rotatable bonds is 4. The molecule has 1 aliphatic heterocycles. The van der Waals surface area contributed by atoms with Crippen LogP contribution in [0.15, 0.2) is 53.4 Å². The first-order valence-electron chi connectivity index (χ1n) is 7.61. The summed E-state index contributed by atoms with van der Waals surface area (Å²) in [5, 5.41) is 4.52. The van der Waals surface area contributed by atoms with Crippen LogP contribution >= 0.6 is 11.8 Å². The number of hydrogen-bond acceptors (Lipinski definition) is 5. The van der Waals surface area contributed by atoms with Gasteiger partial charge in [0.05, 0.1) is 18.0 Å². The van der Waals surface area contributed by atoms with E-state index in [-0.39, 0.29) is 12.3 Å². The van der Waals surface area contributed by atoms with Crippen LogP contribution in [0, 0.1) is 0 Å². The van der Waals surface area contributed by atoms with E-state index in [0.29, 0.717) is 11.3 Å². The number of carbonyl (C=O) groups excluding carboxylic acids is 3. The number of ether oxygens (including phenoxy) is 1. The van der Waals surface area contributed by atoms with Gasteiger partial charge in [-0.25, -0.2) is 0 Å². The van der Waals surface area contributed by atoms with Crippen molar-refractivity contribution in [1.82, 2.24) is 5.32 Å². The topological polar surface area (TPSA) is 84.5 Å². The minimum atomic E-state index is -0.571. The number of thioether (sulfide) groups is 1. The molecule has 0 unspecified atom stereocenters. The number of carbonyl (C=O) groups is 3. The lowest BCUT2D eigenvalue weighted by Gasteiger charge is -2.23. The van der Waals surface area contributed by atoms with E-state index in [2.05, 4.69) is 10.6 Å². The molecule has 2 aromatic carbocycles. The van der Waals surface area contributed by atoms with Crippen LogP contribution < -0.4 is 15.4 Å². The molecule has 0 radical (unpaired) electrons. The third kappa shape index (κ3) is 4.00. The molecule has 2 N–H and O–H groups in total. The molecule has 1 aliphatic rings. The average molecular weight is 356 g/mol. The summed E-state index contributed by atoms with van der Waals surface area (Å²) in [6.07, 6.45) is -0.0767.